The molecule has 0 aromatic carbocycles. The van der Waals surface area contributed by atoms with Crippen molar-refractivity contribution in [1.29, 1.82) is 0 Å². The summed E-state index contributed by atoms with van der Waals surface area (Å²) in [6.07, 6.45) is 22.7. The molecule has 0 bridgehead atoms. The largest absolute Gasteiger partial charge is 0.331 e. The second-order valence-electron chi connectivity index (χ2n) is 8.42. The van der Waals surface area contributed by atoms with Crippen LogP contribution in [0.5, 0.6) is 0 Å². The Morgan fingerprint density at radius 3 is 2.82 bits per heavy atom. The van der Waals surface area contributed by atoms with Crippen molar-refractivity contribution in [2.45, 2.75) is 58.9 Å². The molecule has 2 atom stereocenters. The van der Waals surface area contributed by atoms with Gasteiger partial charge in [0.2, 0.25) is 5.91 Å². The molecule has 2 unspecified atom stereocenters. The SMILES string of the molecule is C/C=C\C(=C/CC)C(C1=CC=CC(C)C=C1)N1CCCC2(CCNCC2)C1=O. The second kappa shape index (κ2) is 9.56. The minimum absolute atomic E-state index is 0.00177. The summed E-state index contributed by atoms with van der Waals surface area (Å²) in [7, 11) is 0. The molecule has 0 saturated carbocycles. The van der Waals surface area contributed by atoms with E-state index in [0.717, 1.165) is 51.7 Å². The maximum absolute atomic E-state index is 13.8. The Balaban J connectivity index is 2.01. The van der Waals surface area contributed by atoms with E-state index < -0.39 is 0 Å². The summed E-state index contributed by atoms with van der Waals surface area (Å²) in [5, 5.41) is 3.44. The highest BCUT2D eigenvalue weighted by molar-refractivity contribution is 5.85. The normalized spacial score (nSPS) is 26.6. The van der Waals surface area contributed by atoms with Gasteiger partial charge in [-0.15, -0.1) is 0 Å². The Kier molecular flexibility index (Phi) is 7.12. The van der Waals surface area contributed by atoms with Gasteiger partial charge in [0.25, 0.3) is 0 Å². The number of carbonyl (C=O) groups is 1. The maximum atomic E-state index is 13.8. The lowest BCUT2D eigenvalue weighted by Gasteiger charge is -2.47. The topological polar surface area (TPSA) is 32.3 Å². The van der Waals surface area contributed by atoms with Crippen molar-refractivity contribution in [3.63, 3.8) is 0 Å². The van der Waals surface area contributed by atoms with Gasteiger partial charge in [-0.25, -0.2) is 0 Å². The van der Waals surface area contributed by atoms with E-state index in [1.54, 1.807) is 0 Å². The quantitative estimate of drug-likeness (QED) is 0.685. The molecular formula is C25H36N2O. The summed E-state index contributed by atoms with van der Waals surface area (Å²) in [6.45, 7) is 9.20. The molecule has 3 aliphatic rings. The van der Waals surface area contributed by atoms with E-state index >= 15 is 0 Å². The molecule has 0 aromatic rings. The van der Waals surface area contributed by atoms with Crippen molar-refractivity contribution in [1.82, 2.24) is 10.2 Å². The summed E-state index contributed by atoms with van der Waals surface area (Å²) >= 11 is 0. The third-order valence-electron chi connectivity index (χ3n) is 6.37. The lowest BCUT2D eigenvalue weighted by atomic mass is 9.71. The van der Waals surface area contributed by atoms with Crippen molar-refractivity contribution >= 4 is 5.91 Å². The van der Waals surface area contributed by atoms with Crippen LogP contribution in [0.3, 0.4) is 0 Å². The number of amides is 1. The smallest absolute Gasteiger partial charge is 0.229 e. The third kappa shape index (κ3) is 4.41. The number of hydrogen-bond donors (Lipinski definition) is 1. The molecule has 2 aliphatic heterocycles. The second-order valence-corrected chi connectivity index (χ2v) is 8.42. The van der Waals surface area contributed by atoms with Crippen LogP contribution >= 0.6 is 0 Å². The van der Waals surface area contributed by atoms with Crippen LogP contribution in [0.1, 0.15) is 52.9 Å². The van der Waals surface area contributed by atoms with Crippen molar-refractivity contribution in [3.8, 4) is 0 Å². The van der Waals surface area contributed by atoms with Gasteiger partial charge < -0.3 is 10.2 Å². The Labute approximate surface area is 171 Å². The van der Waals surface area contributed by atoms with Crippen LogP contribution in [0.4, 0.5) is 0 Å². The highest BCUT2D eigenvalue weighted by Gasteiger charge is 2.46. The van der Waals surface area contributed by atoms with Crippen molar-refractivity contribution in [3.05, 3.63) is 59.8 Å². The standard InChI is InChI=1S/C25H36N2O/c1-4-8-21(9-5-2)23(22-11-6-10-20(3)12-13-22)27-19-7-14-25(24(27)28)15-17-26-18-16-25/h4,6,8-13,20,23,26H,5,7,14-19H2,1-3H3/b8-4-,21-9+. The van der Waals surface area contributed by atoms with E-state index in [1.807, 2.05) is 0 Å². The Bertz CT molecular complexity index is 699. The fourth-order valence-electron chi connectivity index (χ4n) is 4.87. The van der Waals surface area contributed by atoms with Gasteiger partial charge in [0.1, 0.15) is 0 Å². The molecule has 1 spiro atoms. The maximum Gasteiger partial charge on any atom is 0.229 e. The molecule has 2 saturated heterocycles. The van der Waals surface area contributed by atoms with Crippen LogP contribution in [0.25, 0.3) is 0 Å². The van der Waals surface area contributed by atoms with E-state index in [9.17, 15) is 4.79 Å². The van der Waals surface area contributed by atoms with Crippen LogP contribution < -0.4 is 5.32 Å². The van der Waals surface area contributed by atoms with Crippen LogP contribution in [0.15, 0.2) is 59.8 Å². The van der Waals surface area contributed by atoms with Gasteiger partial charge in [0.05, 0.1) is 11.5 Å². The van der Waals surface area contributed by atoms with Gasteiger partial charge in [-0.2, -0.15) is 0 Å². The fourth-order valence-corrected chi connectivity index (χ4v) is 4.87. The van der Waals surface area contributed by atoms with E-state index in [0.29, 0.717) is 11.8 Å². The average Bonchev–Trinajstić information content (AvgIpc) is 2.91. The summed E-state index contributed by atoms with van der Waals surface area (Å²) in [5.41, 5.74) is 2.30. The minimum atomic E-state index is -0.160. The molecule has 1 amide bonds. The van der Waals surface area contributed by atoms with Crippen molar-refractivity contribution in [2.24, 2.45) is 11.3 Å². The number of hydrogen-bond acceptors (Lipinski definition) is 2. The third-order valence-corrected chi connectivity index (χ3v) is 6.37. The summed E-state index contributed by atoms with van der Waals surface area (Å²) < 4.78 is 0. The van der Waals surface area contributed by atoms with Gasteiger partial charge in [-0.1, -0.05) is 62.5 Å². The van der Waals surface area contributed by atoms with Crippen molar-refractivity contribution < 1.29 is 4.79 Å². The lowest BCUT2D eigenvalue weighted by Crippen LogP contribution is -2.56. The monoisotopic (exact) mass is 380 g/mol. The van der Waals surface area contributed by atoms with E-state index in [2.05, 4.69) is 79.6 Å². The number of rotatable bonds is 5. The van der Waals surface area contributed by atoms with Crippen molar-refractivity contribution in [2.75, 3.05) is 19.6 Å². The number of nitrogens with one attached hydrogen (secondary N) is 1. The molecule has 3 nitrogen and oxygen atoms in total. The fraction of sp³-hybridized carbons (Fsp3) is 0.560. The lowest BCUT2D eigenvalue weighted by molar-refractivity contribution is -0.149. The van der Waals surface area contributed by atoms with Crippen LogP contribution in [0.2, 0.25) is 0 Å². The predicted octanol–water partition coefficient (Wildman–Crippen LogP) is 4.95. The van der Waals surface area contributed by atoms with Crippen LogP contribution in [-0.2, 0) is 4.79 Å². The highest BCUT2D eigenvalue weighted by Crippen LogP contribution is 2.41. The van der Waals surface area contributed by atoms with Gasteiger partial charge in [-0.05, 0) is 69.2 Å². The number of nitrogens with zero attached hydrogens (tertiary/aromatic N) is 1. The zero-order valence-electron chi connectivity index (χ0n) is 17.8. The van der Waals surface area contributed by atoms with Crippen LogP contribution in [0, 0.1) is 11.3 Å². The summed E-state index contributed by atoms with van der Waals surface area (Å²) in [6, 6.07) is 0.00177. The number of allylic oxidation sites excluding steroid dienone is 6. The number of carbonyl (C=O) groups excluding carboxylic acids is 1. The molecule has 1 aliphatic carbocycles. The molecular weight excluding hydrogens is 344 g/mol. The van der Waals surface area contributed by atoms with Crippen LogP contribution in [-0.4, -0.2) is 36.5 Å². The molecule has 3 rings (SSSR count). The Hall–Kier alpha value is -1.87. The van der Waals surface area contributed by atoms with Gasteiger partial charge in [-0.3, -0.25) is 4.79 Å². The average molecular weight is 381 g/mol. The molecule has 2 fully saturated rings. The molecule has 28 heavy (non-hydrogen) atoms. The van der Waals surface area contributed by atoms with Gasteiger partial charge in [0.15, 0.2) is 0 Å². The molecule has 1 N–H and O–H groups in total. The first-order valence-electron chi connectivity index (χ1n) is 11.0. The first-order valence-corrected chi connectivity index (χ1v) is 11.0. The Morgan fingerprint density at radius 1 is 1.32 bits per heavy atom. The zero-order chi connectivity index (χ0) is 20.0. The molecule has 2 heterocycles. The van der Waals surface area contributed by atoms with E-state index in [1.165, 1.54) is 11.1 Å². The first-order chi connectivity index (χ1) is 13.6. The number of likely N-dealkylation sites (tertiary alicyclic amines) is 1. The zero-order valence-corrected chi connectivity index (χ0v) is 17.8. The molecule has 152 valence electrons. The molecule has 3 heteroatoms. The summed E-state index contributed by atoms with van der Waals surface area (Å²) in [5.74, 6) is 0.787. The minimum Gasteiger partial charge on any atom is -0.331 e. The first kappa shape index (κ1) is 20.9. The molecule has 0 aromatic heterocycles. The van der Waals surface area contributed by atoms with Gasteiger partial charge in [0, 0.05) is 6.54 Å². The van der Waals surface area contributed by atoms with E-state index in [-0.39, 0.29) is 11.5 Å². The predicted molar refractivity (Wildman–Crippen MR) is 118 cm³/mol. The summed E-state index contributed by atoms with van der Waals surface area (Å²) in [4.78, 5) is 16.0. The van der Waals surface area contributed by atoms with Gasteiger partial charge >= 0.3 is 0 Å². The van der Waals surface area contributed by atoms with E-state index in [4.69, 9.17) is 0 Å². The Morgan fingerprint density at radius 2 is 2.11 bits per heavy atom. The molecule has 0 radical (unpaired) electrons. The number of piperidine rings is 2. The highest BCUT2D eigenvalue weighted by atomic mass is 16.2.